The van der Waals surface area contributed by atoms with Crippen molar-refractivity contribution in [2.24, 2.45) is 0 Å². The van der Waals surface area contributed by atoms with Gasteiger partial charge in [-0.05, 0) is 44.6 Å². The third kappa shape index (κ3) is 5.64. The van der Waals surface area contributed by atoms with Gasteiger partial charge < -0.3 is 10.2 Å². The molecule has 0 saturated heterocycles. The van der Waals surface area contributed by atoms with Gasteiger partial charge in [0.05, 0.1) is 0 Å². The van der Waals surface area contributed by atoms with Gasteiger partial charge in [0.2, 0.25) is 0 Å². The van der Waals surface area contributed by atoms with E-state index in [2.05, 4.69) is 21.4 Å². The summed E-state index contributed by atoms with van der Waals surface area (Å²) in [5.41, 5.74) is 3.05. The lowest BCUT2D eigenvalue weighted by Crippen LogP contribution is -2.27. The predicted molar refractivity (Wildman–Crippen MR) is 109 cm³/mol. The highest BCUT2D eigenvalue weighted by Gasteiger charge is 2.15. The van der Waals surface area contributed by atoms with Crippen LogP contribution in [-0.4, -0.2) is 34.4 Å². The monoisotopic (exact) mass is 364 g/mol. The molecule has 0 bridgehead atoms. The number of hydrogen-bond acceptors (Lipinski definition) is 4. The zero-order valence-corrected chi connectivity index (χ0v) is 16.2. The van der Waals surface area contributed by atoms with Gasteiger partial charge in [0, 0.05) is 26.2 Å². The van der Waals surface area contributed by atoms with Crippen LogP contribution in [0.25, 0.3) is 0 Å². The lowest BCUT2D eigenvalue weighted by molar-refractivity contribution is 0.0779. The molecule has 0 radical (unpaired) electrons. The average molecular weight is 364 g/mol. The fraction of sp³-hybridized carbons (Fsp3) is 0.409. The van der Waals surface area contributed by atoms with E-state index in [0.29, 0.717) is 18.1 Å². The molecule has 3 rings (SSSR count). The summed E-state index contributed by atoms with van der Waals surface area (Å²) in [6.45, 7) is 3.21. The smallest absolute Gasteiger partial charge is 0.272 e. The summed E-state index contributed by atoms with van der Waals surface area (Å²) in [6, 6.07) is 11.7. The summed E-state index contributed by atoms with van der Waals surface area (Å²) in [5, 5.41) is 3.35. The Morgan fingerprint density at radius 3 is 2.74 bits per heavy atom. The zero-order valence-electron chi connectivity index (χ0n) is 16.2. The minimum atomic E-state index is -0.0950. The molecule has 1 aromatic carbocycles. The third-order valence-corrected chi connectivity index (χ3v) is 4.80. The van der Waals surface area contributed by atoms with E-state index in [0.717, 1.165) is 24.3 Å². The highest BCUT2D eigenvalue weighted by atomic mass is 16.2. The highest BCUT2D eigenvalue weighted by Crippen LogP contribution is 2.20. The summed E-state index contributed by atoms with van der Waals surface area (Å²) in [6.07, 6.45) is 8.41. The van der Waals surface area contributed by atoms with E-state index in [9.17, 15) is 4.79 Å². The van der Waals surface area contributed by atoms with Gasteiger partial charge in [0.25, 0.3) is 5.91 Å². The molecule has 0 unspecified atom stereocenters. The number of aromatic nitrogens is 2. The van der Waals surface area contributed by atoms with Gasteiger partial charge in [0.15, 0.2) is 0 Å². The number of rotatable bonds is 7. The van der Waals surface area contributed by atoms with Crippen LogP contribution < -0.4 is 5.32 Å². The maximum absolute atomic E-state index is 12.8. The number of nitrogens with zero attached hydrogens (tertiary/aromatic N) is 3. The Kier molecular flexibility index (Phi) is 6.58. The van der Waals surface area contributed by atoms with Gasteiger partial charge in [0.1, 0.15) is 17.3 Å². The van der Waals surface area contributed by atoms with Gasteiger partial charge in [-0.1, -0.05) is 42.0 Å². The molecule has 0 atom stereocenters. The number of amides is 1. The van der Waals surface area contributed by atoms with Crippen molar-refractivity contribution in [3.63, 3.8) is 0 Å². The second-order valence-corrected chi connectivity index (χ2v) is 7.12. The first kappa shape index (κ1) is 19.1. The van der Waals surface area contributed by atoms with Crippen LogP contribution in [0.2, 0.25) is 0 Å². The number of nitrogens with one attached hydrogen (secondary N) is 1. The summed E-state index contributed by atoms with van der Waals surface area (Å²) >= 11 is 0. The van der Waals surface area contributed by atoms with Crippen LogP contribution in [0.4, 0.5) is 5.82 Å². The van der Waals surface area contributed by atoms with Crippen LogP contribution in [0.1, 0.15) is 54.0 Å². The lowest BCUT2D eigenvalue weighted by atomic mass is 9.97. The van der Waals surface area contributed by atoms with Crippen LogP contribution >= 0.6 is 0 Å². The Morgan fingerprint density at radius 2 is 2.00 bits per heavy atom. The van der Waals surface area contributed by atoms with E-state index in [1.165, 1.54) is 31.3 Å². The van der Waals surface area contributed by atoms with Crippen molar-refractivity contribution in [1.29, 1.82) is 0 Å². The number of benzene rings is 1. The molecule has 0 spiro atoms. The third-order valence-electron chi connectivity index (χ3n) is 4.80. The predicted octanol–water partition coefficient (Wildman–Crippen LogP) is 4.36. The second kappa shape index (κ2) is 9.31. The topological polar surface area (TPSA) is 58.1 Å². The first-order valence-electron chi connectivity index (χ1n) is 9.68. The molecule has 0 aliphatic heterocycles. The van der Waals surface area contributed by atoms with Crippen molar-refractivity contribution >= 4 is 11.7 Å². The molecule has 2 aromatic rings. The summed E-state index contributed by atoms with van der Waals surface area (Å²) < 4.78 is 0. The Hall–Kier alpha value is -2.69. The fourth-order valence-electron chi connectivity index (χ4n) is 3.38. The Morgan fingerprint density at radius 1 is 1.19 bits per heavy atom. The first-order chi connectivity index (χ1) is 13.1. The van der Waals surface area contributed by atoms with Crippen LogP contribution in [0.3, 0.4) is 0 Å². The van der Waals surface area contributed by atoms with E-state index in [-0.39, 0.29) is 5.91 Å². The molecule has 1 amide bonds. The van der Waals surface area contributed by atoms with E-state index in [1.807, 2.05) is 37.3 Å². The summed E-state index contributed by atoms with van der Waals surface area (Å²) in [5.74, 6) is 1.23. The molecule has 1 aliphatic rings. The van der Waals surface area contributed by atoms with E-state index >= 15 is 0 Å². The largest absolute Gasteiger partial charge is 0.370 e. The molecule has 5 heteroatoms. The van der Waals surface area contributed by atoms with Crippen LogP contribution in [0.5, 0.6) is 0 Å². The van der Waals surface area contributed by atoms with E-state index in [1.54, 1.807) is 18.0 Å². The van der Waals surface area contributed by atoms with Crippen LogP contribution in [0, 0.1) is 6.92 Å². The van der Waals surface area contributed by atoms with E-state index < -0.39 is 0 Å². The molecular formula is C22H28N4O. The van der Waals surface area contributed by atoms with E-state index in [4.69, 9.17) is 0 Å². The van der Waals surface area contributed by atoms with Gasteiger partial charge >= 0.3 is 0 Å². The molecule has 1 aromatic heterocycles. The zero-order chi connectivity index (χ0) is 19.1. The quantitative estimate of drug-likeness (QED) is 0.742. The average Bonchev–Trinajstić information content (AvgIpc) is 2.68. The molecule has 5 nitrogen and oxygen atoms in total. The number of carbonyl (C=O) groups excluding carboxylic acids is 1. The normalized spacial score (nSPS) is 13.8. The number of allylic oxidation sites excluding steroid dienone is 1. The molecule has 1 heterocycles. The molecule has 1 N–H and O–H groups in total. The number of carbonyl (C=O) groups is 1. The SMILES string of the molecule is Cc1nc(NCCC2=CCCCC2)cc(C(=O)N(C)Cc2ccccc2)n1. The van der Waals surface area contributed by atoms with Crippen molar-refractivity contribution in [1.82, 2.24) is 14.9 Å². The minimum Gasteiger partial charge on any atom is -0.370 e. The van der Waals surface area contributed by atoms with Gasteiger partial charge in [-0.3, -0.25) is 4.79 Å². The molecule has 0 saturated carbocycles. The van der Waals surface area contributed by atoms with Crippen LogP contribution in [-0.2, 0) is 6.54 Å². The maximum atomic E-state index is 12.8. The van der Waals surface area contributed by atoms with Gasteiger partial charge in [-0.25, -0.2) is 9.97 Å². The van der Waals surface area contributed by atoms with Crippen LogP contribution in [0.15, 0.2) is 48.0 Å². The Bertz CT molecular complexity index is 801. The van der Waals surface area contributed by atoms with Crippen molar-refractivity contribution in [3.8, 4) is 0 Å². The second-order valence-electron chi connectivity index (χ2n) is 7.12. The molecule has 142 valence electrons. The van der Waals surface area contributed by atoms with Gasteiger partial charge in [-0.2, -0.15) is 0 Å². The fourth-order valence-corrected chi connectivity index (χ4v) is 3.38. The lowest BCUT2D eigenvalue weighted by Gasteiger charge is -2.18. The standard InChI is InChI=1S/C22H28N4O/c1-17-24-20(22(27)26(2)16-19-11-7-4-8-12-19)15-21(25-17)23-14-13-18-9-5-3-6-10-18/h4,7-9,11-12,15H,3,5-6,10,13-14,16H2,1-2H3,(H,23,24,25). The van der Waals surface area contributed by atoms with Gasteiger partial charge in [-0.15, -0.1) is 0 Å². The highest BCUT2D eigenvalue weighted by molar-refractivity contribution is 5.92. The Balaban J connectivity index is 1.61. The van der Waals surface area contributed by atoms with Crippen molar-refractivity contribution < 1.29 is 4.79 Å². The van der Waals surface area contributed by atoms with Crippen molar-refractivity contribution in [2.75, 3.05) is 18.9 Å². The summed E-state index contributed by atoms with van der Waals surface area (Å²) in [7, 11) is 1.80. The number of hydrogen-bond donors (Lipinski definition) is 1. The number of anilines is 1. The molecule has 1 aliphatic carbocycles. The molecule has 0 fully saturated rings. The Labute approximate surface area is 161 Å². The van der Waals surface area contributed by atoms with Crippen molar-refractivity contribution in [3.05, 3.63) is 65.1 Å². The maximum Gasteiger partial charge on any atom is 0.272 e. The van der Waals surface area contributed by atoms with Crippen molar-refractivity contribution in [2.45, 2.75) is 45.6 Å². The first-order valence-corrected chi connectivity index (χ1v) is 9.68. The molecular weight excluding hydrogens is 336 g/mol. The number of aryl methyl sites for hydroxylation is 1. The minimum absolute atomic E-state index is 0.0950. The molecule has 27 heavy (non-hydrogen) atoms. The summed E-state index contributed by atoms with van der Waals surface area (Å²) in [4.78, 5) is 23.2.